The van der Waals surface area contributed by atoms with Crippen molar-refractivity contribution in [1.82, 2.24) is 14.8 Å². The van der Waals surface area contributed by atoms with Crippen LogP contribution in [0.1, 0.15) is 54.4 Å². The van der Waals surface area contributed by atoms with E-state index in [-0.39, 0.29) is 0 Å². The van der Waals surface area contributed by atoms with Crippen LogP contribution >= 0.6 is 0 Å². The molecule has 0 aliphatic heterocycles. The predicted molar refractivity (Wildman–Crippen MR) is 96.1 cm³/mol. The van der Waals surface area contributed by atoms with Gasteiger partial charge in [0.15, 0.2) is 0 Å². The van der Waals surface area contributed by atoms with Crippen molar-refractivity contribution in [3.63, 3.8) is 0 Å². The molecule has 0 saturated heterocycles. The van der Waals surface area contributed by atoms with Crippen LogP contribution in [0, 0.1) is 0 Å². The Hall–Kier alpha value is -0.160. The van der Waals surface area contributed by atoms with Crippen LogP contribution < -0.4 is 5.84 Å². The Morgan fingerprint density at radius 1 is 0.600 bits per heavy atom. The zero-order chi connectivity index (χ0) is 17.0. The molecule has 0 aromatic carbocycles. The van der Waals surface area contributed by atoms with Gasteiger partial charge in [-0.25, -0.2) is 0 Å². The van der Waals surface area contributed by atoms with Crippen molar-refractivity contribution < 1.29 is 0 Å². The van der Waals surface area contributed by atoms with Crippen molar-refractivity contribution in [2.45, 2.75) is 54.4 Å². The van der Waals surface area contributed by atoms with Crippen LogP contribution in [0.3, 0.4) is 0 Å². The fourth-order valence-electron chi connectivity index (χ4n) is 1.36. The molecule has 0 aliphatic rings. The standard InChI is InChI=1S/C10H26N4.3C2H6/c1-12(2)7-5-8-13(3)9-6-10-14(4)11;3*1-2/h5-11H2,1-4H3;3*1-2H3. The summed E-state index contributed by atoms with van der Waals surface area (Å²) in [5.74, 6) is 5.53. The summed E-state index contributed by atoms with van der Waals surface area (Å²) in [6, 6.07) is 0. The smallest absolute Gasteiger partial charge is 0.0137 e. The molecule has 0 spiro atoms. The van der Waals surface area contributed by atoms with Gasteiger partial charge < -0.3 is 9.80 Å². The first-order valence-corrected chi connectivity index (χ1v) is 8.31. The van der Waals surface area contributed by atoms with Gasteiger partial charge in [-0.05, 0) is 53.6 Å². The van der Waals surface area contributed by atoms with E-state index in [1.165, 1.54) is 19.5 Å². The fraction of sp³-hybridized carbons (Fsp3) is 1.00. The first kappa shape index (κ1) is 28.1. The maximum atomic E-state index is 5.53. The third-order valence-corrected chi connectivity index (χ3v) is 2.20. The monoisotopic (exact) mass is 292 g/mol. The van der Waals surface area contributed by atoms with E-state index in [1.807, 2.05) is 48.6 Å². The van der Waals surface area contributed by atoms with Gasteiger partial charge >= 0.3 is 0 Å². The lowest BCUT2D eigenvalue weighted by Crippen LogP contribution is -2.31. The number of hydrazine groups is 1. The molecule has 2 N–H and O–H groups in total. The highest BCUT2D eigenvalue weighted by Crippen LogP contribution is 1.92. The Labute approximate surface area is 130 Å². The van der Waals surface area contributed by atoms with Crippen LogP contribution in [-0.4, -0.2) is 69.2 Å². The Morgan fingerprint density at radius 2 is 0.950 bits per heavy atom. The first-order chi connectivity index (χ1) is 9.52. The molecule has 0 amide bonds. The third kappa shape index (κ3) is 36.1. The van der Waals surface area contributed by atoms with Gasteiger partial charge in [-0.15, -0.1) is 0 Å². The molecule has 0 aliphatic carbocycles. The number of hydrogen-bond acceptors (Lipinski definition) is 4. The SMILES string of the molecule is CC.CC.CC.CN(C)CCCN(C)CCCN(C)N. The molecule has 20 heavy (non-hydrogen) atoms. The molecule has 0 saturated carbocycles. The van der Waals surface area contributed by atoms with E-state index < -0.39 is 0 Å². The normalized spacial score (nSPS) is 9.30. The summed E-state index contributed by atoms with van der Waals surface area (Å²) in [5, 5.41) is 1.74. The second-order valence-corrected chi connectivity index (χ2v) is 4.29. The van der Waals surface area contributed by atoms with Crippen molar-refractivity contribution in [2.24, 2.45) is 5.84 Å². The van der Waals surface area contributed by atoms with E-state index in [0.717, 1.165) is 19.5 Å². The maximum absolute atomic E-state index is 5.53. The van der Waals surface area contributed by atoms with E-state index >= 15 is 0 Å². The molecule has 4 nitrogen and oxygen atoms in total. The first-order valence-electron chi connectivity index (χ1n) is 8.31. The van der Waals surface area contributed by atoms with Crippen LogP contribution in [0.25, 0.3) is 0 Å². The highest BCUT2D eigenvalue weighted by molar-refractivity contribution is 4.55. The van der Waals surface area contributed by atoms with Crippen molar-refractivity contribution >= 4 is 0 Å². The van der Waals surface area contributed by atoms with Crippen molar-refractivity contribution in [2.75, 3.05) is 54.4 Å². The summed E-state index contributed by atoms with van der Waals surface area (Å²) < 4.78 is 0. The largest absolute Gasteiger partial charge is 0.309 e. The highest BCUT2D eigenvalue weighted by atomic mass is 15.4. The predicted octanol–water partition coefficient (Wildman–Crippen LogP) is 3.14. The maximum Gasteiger partial charge on any atom is 0.0137 e. The fourth-order valence-corrected chi connectivity index (χ4v) is 1.36. The summed E-state index contributed by atoms with van der Waals surface area (Å²) in [6.45, 7) is 16.4. The Bertz CT molecular complexity index is 114. The summed E-state index contributed by atoms with van der Waals surface area (Å²) in [7, 11) is 8.31. The minimum Gasteiger partial charge on any atom is -0.309 e. The number of nitrogens with two attached hydrogens (primary N) is 1. The molecule has 0 atom stereocenters. The Kier molecular flexibility index (Phi) is 38.2. The Morgan fingerprint density at radius 3 is 1.25 bits per heavy atom. The van der Waals surface area contributed by atoms with Gasteiger partial charge in [0.05, 0.1) is 0 Å². The second-order valence-electron chi connectivity index (χ2n) is 4.29. The summed E-state index contributed by atoms with van der Waals surface area (Å²) in [4.78, 5) is 4.59. The summed E-state index contributed by atoms with van der Waals surface area (Å²) in [6.07, 6.45) is 2.38. The van der Waals surface area contributed by atoms with Gasteiger partial charge in [-0.3, -0.25) is 10.9 Å². The summed E-state index contributed by atoms with van der Waals surface area (Å²) >= 11 is 0. The molecular weight excluding hydrogens is 248 g/mol. The molecule has 4 heteroatoms. The van der Waals surface area contributed by atoms with Crippen LogP contribution in [0.4, 0.5) is 0 Å². The molecule has 0 radical (unpaired) electrons. The minimum absolute atomic E-state index is 0.970. The van der Waals surface area contributed by atoms with Gasteiger partial charge in [-0.1, -0.05) is 41.5 Å². The lowest BCUT2D eigenvalue weighted by Gasteiger charge is -2.19. The summed E-state index contributed by atoms with van der Waals surface area (Å²) in [5.41, 5.74) is 0. The van der Waals surface area contributed by atoms with E-state index in [9.17, 15) is 0 Å². The molecule has 0 rings (SSSR count). The molecular formula is C16H44N4. The van der Waals surface area contributed by atoms with Crippen LogP contribution in [-0.2, 0) is 0 Å². The number of rotatable bonds is 8. The zero-order valence-corrected chi connectivity index (χ0v) is 16.2. The quantitative estimate of drug-likeness (QED) is 0.551. The second kappa shape index (κ2) is 27.2. The number of nitrogens with zero attached hydrogens (tertiary/aromatic N) is 3. The van der Waals surface area contributed by atoms with E-state index in [2.05, 4.69) is 30.9 Å². The van der Waals surface area contributed by atoms with Crippen LogP contribution in [0.5, 0.6) is 0 Å². The molecule has 0 aromatic rings. The highest BCUT2D eigenvalue weighted by Gasteiger charge is 1.99. The third-order valence-electron chi connectivity index (χ3n) is 2.20. The van der Waals surface area contributed by atoms with Gasteiger partial charge in [0, 0.05) is 13.6 Å². The lowest BCUT2D eigenvalue weighted by molar-refractivity contribution is 0.269. The minimum atomic E-state index is 0.970. The van der Waals surface area contributed by atoms with Gasteiger partial charge in [-0.2, -0.15) is 0 Å². The molecule has 0 unspecified atom stereocenters. The average Bonchev–Trinajstić information content (AvgIpc) is 2.44. The lowest BCUT2D eigenvalue weighted by atomic mass is 10.3. The zero-order valence-electron chi connectivity index (χ0n) is 16.2. The topological polar surface area (TPSA) is 35.7 Å². The van der Waals surface area contributed by atoms with E-state index in [1.54, 1.807) is 5.01 Å². The van der Waals surface area contributed by atoms with Crippen molar-refractivity contribution in [3.8, 4) is 0 Å². The molecule has 0 bridgehead atoms. The van der Waals surface area contributed by atoms with Gasteiger partial charge in [0.2, 0.25) is 0 Å². The van der Waals surface area contributed by atoms with Crippen LogP contribution in [0.2, 0.25) is 0 Å². The number of hydrogen-bond donors (Lipinski definition) is 1. The van der Waals surface area contributed by atoms with Crippen molar-refractivity contribution in [3.05, 3.63) is 0 Å². The van der Waals surface area contributed by atoms with Gasteiger partial charge in [0.1, 0.15) is 0 Å². The molecule has 0 fully saturated rings. The van der Waals surface area contributed by atoms with Crippen LogP contribution in [0.15, 0.2) is 0 Å². The average molecular weight is 293 g/mol. The van der Waals surface area contributed by atoms with E-state index in [4.69, 9.17) is 5.84 Å². The Balaban J connectivity index is -0.000000187. The van der Waals surface area contributed by atoms with Crippen molar-refractivity contribution in [1.29, 1.82) is 0 Å². The van der Waals surface area contributed by atoms with E-state index in [0.29, 0.717) is 0 Å². The molecule has 0 aromatic heterocycles. The van der Waals surface area contributed by atoms with Gasteiger partial charge in [0.25, 0.3) is 0 Å². The molecule has 0 heterocycles. The molecule has 128 valence electrons.